The maximum absolute atomic E-state index is 3.25. The topological polar surface area (TPSA) is 0 Å². The molecule has 1 heterocycles. The molecule has 0 aliphatic heterocycles. The fraction of sp³-hybridized carbons (Fsp3) is 0. The molecular formula is C4H2Br3SZn. The SMILES string of the molecule is Brc1[c]scc1.[Br][Zn][Br]. The quantitative estimate of drug-likeness (QED) is 0.591. The van der Waals surface area contributed by atoms with Gasteiger partial charge in [-0.15, -0.1) is 11.3 Å². The summed E-state index contributed by atoms with van der Waals surface area (Å²) >= 11 is 11.1. The molecule has 0 amide bonds. The van der Waals surface area contributed by atoms with Crippen molar-refractivity contribution in [3.8, 4) is 0 Å². The van der Waals surface area contributed by atoms with Gasteiger partial charge >= 0.3 is 40.5 Å². The summed E-state index contributed by atoms with van der Waals surface area (Å²) in [5.41, 5.74) is 0. The van der Waals surface area contributed by atoms with E-state index in [1.54, 1.807) is 11.3 Å². The Morgan fingerprint density at radius 2 is 2.11 bits per heavy atom. The summed E-state index contributed by atoms with van der Waals surface area (Å²) in [5.74, 6) is 0. The normalized spacial score (nSPS) is 7.00. The first kappa shape index (κ1) is 10.8. The van der Waals surface area contributed by atoms with E-state index in [1.807, 2.05) is 11.4 Å². The molecule has 0 N–H and O–H groups in total. The van der Waals surface area contributed by atoms with Crippen molar-refractivity contribution in [1.82, 2.24) is 0 Å². The maximum atomic E-state index is 3.25. The number of hydrogen-bond acceptors (Lipinski definition) is 1. The fourth-order valence-corrected chi connectivity index (χ4v) is 1.26. The molecule has 1 aromatic rings. The summed E-state index contributed by atoms with van der Waals surface area (Å²) in [7, 11) is 0. The van der Waals surface area contributed by atoms with Crippen molar-refractivity contribution in [2.24, 2.45) is 0 Å². The van der Waals surface area contributed by atoms with E-state index in [9.17, 15) is 0 Å². The first-order chi connectivity index (χ1) is 4.31. The molecule has 1 radical (unpaired) electrons. The van der Waals surface area contributed by atoms with E-state index in [2.05, 4.69) is 48.6 Å². The van der Waals surface area contributed by atoms with Crippen LogP contribution in [0.4, 0.5) is 0 Å². The minimum atomic E-state index is -0.250. The molecule has 0 aliphatic carbocycles. The molecule has 0 aromatic carbocycles. The summed E-state index contributed by atoms with van der Waals surface area (Å²) < 4.78 is 1.05. The van der Waals surface area contributed by atoms with E-state index < -0.39 is 0 Å². The first-order valence-corrected chi connectivity index (χ1v) is 17.6. The van der Waals surface area contributed by atoms with Crippen LogP contribution in [0.3, 0.4) is 0 Å². The number of hydrogen-bond donors (Lipinski definition) is 0. The predicted octanol–water partition coefficient (Wildman–Crippen LogP) is 4.00. The van der Waals surface area contributed by atoms with Crippen LogP contribution in [0.2, 0.25) is 0 Å². The van der Waals surface area contributed by atoms with Gasteiger partial charge in [0.25, 0.3) is 0 Å². The molecule has 47 valence electrons. The van der Waals surface area contributed by atoms with Gasteiger partial charge < -0.3 is 0 Å². The van der Waals surface area contributed by atoms with E-state index in [-0.39, 0.29) is 13.2 Å². The van der Waals surface area contributed by atoms with Crippen molar-refractivity contribution in [3.63, 3.8) is 0 Å². The third kappa shape index (κ3) is 7.66. The van der Waals surface area contributed by atoms with Crippen LogP contribution in [0, 0.1) is 5.38 Å². The van der Waals surface area contributed by atoms with Crippen molar-refractivity contribution in [1.29, 1.82) is 0 Å². The van der Waals surface area contributed by atoms with Crippen molar-refractivity contribution in [2.75, 3.05) is 0 Å². The zero-order valence-corrected chi connectivity index (χ0v) is 12.9. The molecule has 0 saturated carbocycles. The number of rotatable bonds is 0. The predicted molar refractivity (Wildman–Crippen MR) is 48.7 cm³/mol. The summed E-state index contributed by atoms with van der Waals surface area (Å²) in [5, 5.41) is 4.93. The zero-order valence-electron chi connectivity index (χ0n) is 4.40. The van der Waals surface area contributed by atoms with Gasteiger partial charge in [-0.2, -0.15) is 0 Å². The zero-order chi connectivity index (χ0) is 7.11. The molecule has 1 aromatic heterocycles. The van der Waals surface area contributed by atoms with Gasteiger partial charge in [0.05, 0.1) is 5.38 Å². The molecule has 0 unspecified atom stereocenters. The molecule has 0 aliphatic rings. The Kier molecular flexibility index (Phi) is 9.41. The van der Waals surface area contributed by atoms with Gasteiger partial charge in [0.15, 0.2) is 0 Å². The molecule has 0 nitrogen and oxygen atoms in total. The van der Waals surface area contributed by atoms with Crippen molar-refractivity contribution in [2.45, 2.75) is 0 Å². The Morgan fingerprint density at radius 3 is 2.22 bits per heavy atom. The van der Waals surface area contributed by atoms with Crippen LogP contribution in [-0.4, -0.2) is 0 Å². The van der Waals surface area contributed by atoms with Gasteiger partial charge in [0.1, 0.15) is 0 Å². The van der Waals surface area contributed by atoms with Crippen molar-refractivity contribution >= 4 is 54.5 Å². The van der Waals surface area contributed by atoms with E-state index in [0.717, 1.165) is 4.47 Å². The Bertz CT molecular complexity index is 130. The van der Waals surface area contributed by atoms with E-state index in [4.69, 9.17) is 0 Å². The summed E-state index contributed by atoms with van der Waals surface area (Å²) in [6, 6.07) is 1.96. The second kappa shape index (κ2) is 7.87. The van der Waals surface area contributed by atoms with Gasteiger partial charge in [-0.3, -0.25) is 0 Å². The van der Waals surface area contributed by atoms with Crippen LogP contribution >= 0.6 is 54.5 Å². The molecule has 0 bridgehead atoms. The Hall–Kier alpha value is 1.76. The van der Waals surface area contributed by atoms with Crippen LogP contribution < -0.4 is 0 Å². The second-order valence-corrected chi connectivity index (χ2v) is 16.6. The van der Waals surface area contributed by atoms with Gasteiger partial charge in [0.2, 0.25) is 0 Å². The molecule has 1 rings (SSSR count). The van der Waals surface area contributed by atoms with Gasteiger partial charge in [-0.05, 0) is 27.4 Å². The first-order valence-electron chi connectivity index (χ1n) is 2.04. The molecule has 0 atom stereocenters. The van der Waals surface area contributed by atoms with Crippen molar-refractivity contribution in [3.05, 3.63) is 21.3 Å². The average Bonchev–Trinajstić information content (AvgIpc) is 2.20. The number of halogens is 3. The summed E-state index contributed by atoms with van der Waals surface area (Å²) in [6.45, 7) is 0. The molecule has 5 heteroatoms. The Balaban J connectivity index is 0.000000187. The van der Waals surface area contributed by atoms with Gasteiger partial charge in [-0.25, -0.2) is 0 Å². The minimum absolute atomic E-state index is 0.250. The van der Waals surface area contributed by atoms with E-state index >= 15 is 0 Å². The average molecular weight is 387 g/mol. The van der Waals surface area contributed by atoms with E-state index in [1.165, 1.54) is 0 Å². The molecule has 9 heavy (non-hydrogen) atoms. The molecule has 0 fully saturated rings. The van der Waals surface area contributed by atoms with E-state index in [0.29, 0.717) is 0 Å². The molecule has 0 saturated heterocycles. The summed E-state index contributed by atoms with van der Waals surface area (Å²) in [4.78, 5) is 0. The van der Waals surface area contributed by atoms with Crippen LogP contribution in [0.15, 0.2) is 15.9 Å². The van der Waals surface area contributed by atoms with Crippen LogP contribution in [-0.2, 0) is 13.2 Å². The fourth-order valence-electron chi connectivity index (χ4n) is 0.218. The third-order valence-corrected chi connectivity index (χ3v) is 1.77. The number of thiophene rings is 1. The van der Waals surface area contributed by atoms with Gasteiger partial charge in [0, 0.05) is 4.47 Å². The van der Waals surface area contributed by atoms with Crippen LogP contribution in [0.5, 0.6) is 0 Å². The molecule has 0 spiro atoms. The third-order valence-electron chi connectivity index (χ3n) is 0.439. The monoisotopic (exact) mass is 383 g/mol. The Morgan fingerprint density at radius 1 is 1.56 bits per heavy atom. The van der Waals surface area contributed by atoms with Crippen LogP contribution in [0.1, 0.15) is 0 Å². The van der Waals surface area contributed by atoms with Gasteiger partial charge in [-0.1, -0.05) is 0 Å². The summed E-state index contributed by atoms with van der Waals surface area (Å²) in [6.07, 6.45) is 0. The second-order valence-electron chi connectivity index (χ2n) is 0.972. The standard InChI is InChI=1S/C4H2BrS.2BrH.Zn/c5-4-1-2-6-3-4;;;/h1-2H;2*1H;/q;;;+2/p-2. The van der Waals surface area contributed by atoms with Crippen LogP contribution in [0.25, 0.3) is 0 Å². The molecular weight excluding hydrogens is 385 g/mol. The Labute approximate surface area is 87.9 Å². The van der Waals surface area contributed by atoms with Crippen molar-refractivity contribution < 1.29 is 13.2 Å².